The number of benzene rings is 1. The molecule has 0 heterocycles. The van der Waals surface area contributed by atoms with Crippen LogP contribution >= 0.6 is 0 Å². The van der Waals surface area contributed by atoms with Gasteiger partial charge in [0.25, 0.3) is 0 Å². The molecule has 1 aromatic carbocycles. The first kappa shape index (κ1) is 15.1. The molecule has 0 bridgehead atoms. The van der Waals surface area contributed by atoms with Crippen LogP contribution in [0.5, 0.6) is 0 Å². The Morgan fingerprint density at radius 2 is 1.65 bits per heavy atom. The van der Waals surface area contributed by atoms with Crippen molar-refractivity contribution in [2.45, 2.75) is 58.8 Å². The Hall–Kier alpha value is -1.25. The SMILES string of the molecule is Cc1cc(C)c(CC(=O)C2CCC(F)(F)CC2)c(C)c1. The number of aryl methyl sites for hydroxylation is 3. The fraction of sp³-hybridized carbons (Fsp3) is 0.588. The lowest BCUT2D eigenvalue weighted by Gasteiger charge is -2.27. The predicted octanol–water partition coefficient (Wildman–Crippen LogP) is 4.55. The molecule has 0 aliphatic heterocycles. The second-order valence-corrected chi connectivity index (χ2v) is 6.15. The van der Waals surface area contributed by atoms with Crippen LogP contribution in [0.1, 0.15) is 47.9 Å². The van der Waals surface area contributed by atoms with Crippen LogP contribution in [0.4, 0.5) is 8.78 Å². The second-order valence-electron chi connectivity index (χ2n) is 6.15. The maximum absolute atomic E-state index is 13.1. The molecule has 110 valence electrons. The van der Waals surface area contributed by atoms with Gasteiger partial charge in [-0.05, 0) is 50.3 Å². The van der Waals surface area contributed by atoms with Gasteiger partial charge in [0.05, 0.1) is 0 Å². The minimum absolute atomic E-state index is 0.121. The third-order valence-corrected chi connectivity index (χ3v) is 4.36. The summed E-state index contributed by atoms with van der Waals surface area (Å²) in [6, 6.07) is 4.15. The highest BCUT2D eigenvalue weighted by atomic mass is 19.3. The van der Waals surface area contributed by atoms with Crippen LogP contribution in [0.2, 0.25) is 0 Å². The number of carbonyl (C=O) groups excluding carboxylic acids is 1. The lowest BCUT2D eigenvalue weighted by molar-refractivity contribution is -0.126. The van der Waals surface area contributed by atoms with Crippen LogP contribution in [0.3, 0.4) is 0 Å². The van der Waals surface area contributed by atoms with E-state index in [1.54, 1.807) is 0 Å². The van der Waals surface area contributed by atoms with Gasteiger partial charge in [-0.25, -0.2) is 8.78 Å². The van der Waals surface area contributed by atoms with Gasteiger partial charge in [-0.2, -0.15) is 0 Å². The van der Waals surface area contributed by atoms with E-state index in [-0.39, 0.29) is 24.5 Å². The van der Waals surface area contributed by atoms with Crippen molar-refractivity contribution in [1.29, 1.82) is 0 Å². The zero-order valence-corrected chi connectivity index (χ0v) is 12.4. The second kappa shape index (κ2) is 5.63. The summed E-state index contributed by atoms with van der Waals surface area (Å²) in [5.41, 5.74) is 4.50. The fourth-order valence-electron chi connectivity index (χ4n) is 3.17. The molecule has 1 fully saturated rings. The van der Waals surface area contributed by atoms with Crippen molar-refractivity contribution in [3.05, 3.63) is 34.4 Å². The molecule has 1 aliphatic rings. The molecule has 2 rings (SSSR count). The highest BCUT2D eigenvalue weighted by Gasteiger charge is 2.37. The first-order valence-electron chi connectivity index (χ1n) is 7.26. The van der Waals surface area contributed by atoms with E-state index in [4.69, 9.17) is 0 Å². The normalized spacial score (nSPS) is 19.1. The molecule has 1 aromatic rings. The van der Waals surface area contributed by atoms with E-state index in [9.17, 15) is 13.6 Å². The van der Waals surface area contributed by atoms with Gasteiger partial charge in [-0.3, -0.25) is 4.79 Å². The zero-order chi connectivity index (χ0) is 14.9. The van der Waals surface area contributed by atoms with E-state index in [1.165, 1.54) is 5.56 Å². The minimum Gasteiger partial charge on any atom is -0.299 e. The summed E-state index contributed by atoms with van der Waals surface area (Å²) in [6.45, 7) is 6.06. The molecular weight excluding hydrogens is 258 g/mol. The quantitative estimate of drug-likeness (QED) is 0.794. The first-order chi connectivity index (χ1) is 9.28. The number of carbonyl (C=O) groups is 1. The number of hydrogen-bond acceptors (Lipinski definition) is 1. The monoisotopic (exact) mass is 280 g/mol. The highest BCUT2D eigenvalue weighted by Crippen LogP contribution is 2.37. The maximum atomic E-state index is 13.1. The third kappa shape index (κ3) is 3.44. The number of halogens is 2. The van der Waals surface area contributed by atoms with Crippen LogP contribution < -0.4 is 0 Å². The molecule has 0 N–H and O–H groups in total. The molecule has 0 atom stereocenters. The summed E-state index contributed by atoms with van der Waals surface area (Å²) in [5.74, 6) is -2.63. The van der Waals surface area contributed by atoms with E-state index in [0.29, 0.717) is 19.3 Å². The van der Waals surface area contributed by atoms with Gasteiger partial charge in [-0.1, -0.05) is 17.7 Å². The summed E-state index contributed by atoms with van der Waals surface area (Å²) in [4.78, 5) is 12.3. The van der Waals surface area contributed by atoms with Crippen molar-refractivity contribution in [3.8, 4) is 0 Å². The van der Waals surface area contributed by atoms with Crippen molar-refractivity contribution < 1.29 is 13.6 Å². The average Bonchev–Trinajstić information content (AvgIpc) is 2.33. The Morgan fingerprint density at radius 1 is 1.15 bits per heavy atom. The van der Waals surface area contributed by atoms with Gasteiger partial charge in [0, 0.05) is 25.2 Å². The van der Waals surface area contributed by atoms with Crippen molar-refractivity contribution in [1.82, 2.24) is 0 Å². The molecule has 20 heavy (non-hydrogen) atoms. The lowest BCUT2D eigenvalue weighted by atomic mass is 9.81. The summed E-state index contributed by atoms with van der Waals surface area (Å²) in [7, 11) is 0. The molecule has 1 aliphatic carbocycles. The molecule has 3 heteroatoms. The van der Waals surface area contributed by atoms with Crippen molar-refractivity contribution in [3.63, 3.8) is 0 Å². The standard InChI is InChI=1S/C17H22F2O/c1-11-8-12(2)15(13(3)9-11)10-16(20)14-4-6-17(18,19)7-5-14/h8-9,14H,4-7,10H2,1-3H3. The van der Waals surface area contributed by atoms with E-state index in [2.05, 4.69) is 12.1 Å². The molecule has 0 unspecified atom stereocenters. The molecule has 0 radical (unpaired) electrons. The van der Waals surface area contributed by atoms with Crippen LogP contribution in [-0.2, 0) is 11.2 Å². The van der Waals surface area contributed by atoms with E-state index < -0.39 is 5.92 Å². The van der Waals surface area contributed by atoms with Gasteiger partial charge in [0.1, 0.15) is 5.78 Å². The average molecular weight is 280 g/mol. The summed E-state index contributed by atoms with van der Waals surface area (Å²) in [5, 5.41) is 0. The molecule has 0 aromatic heterocycles. The van der Waals surface area contributed by atoms with Crippen LogP contribution in [-0.4, -0.2) is 11.7 Å². The summed E-state index contributed by atoms with van der Waals surface area (Å²) in [6.07, 6.45) is 0.754. The van der Waals surface area contributed by atoms with Crippen LogP contribution in [0.15, 0.2) is 12.1 Å². The number of alkyl halides is 2. The van der Waals surface area contributed by atoms with Gasteiger partial charge >= 0.3 is 0 Å². The fourth-order valence-corrected chi connectivity index (χ4v) is 3.17. The zero-order valence-electron chi connectivity index (χ0n) is 12.4. The molecule has 0 amide bonds. The van der Waals surface area contributed by atoms with E-state index in [0.717, 1.165) is 16.7 Å². The Bertz CT molecular complexity index is 487. The molecule has 0 saturated heterocycles. The number of rotatable bonds is 3. The minimum atomic E-state index is -2.56. The van der Waals surface area contributed by atoms with E-state index in [1.807, 2.05) is 20.8 Å². The maximum Gasteiger partial charge on any atom is 0.248 e. The molecular formula is C17H22F2O. The van der Waals surface area contributed by atoms with Crippen LogP contribution in [0.25, 0.3) is 0 Å². The number of Topliss-reactive ketones (excluding diaryl/α,β-unsaturated/α-hetero) is 1. The van der Waals surface area contributed by atoms with Crippen molar-refractivity contribution in [2.24, 2.45) is 5.92 Å². The predicted molar refractivity (Wildman–Crippen MR) is 76.3 cm³/mol. The summed E-state index contributed by atoms with van der Waals surface area (Å²) < 4.78 is 26.3. The Labute approximate surface area is 119 Å². The summed E-state index contributed by atoms with van der Waals surface area (Å²) >= 11 is 0. The smallest absolute Gasteiger partial charge is 0.248 e. The van der Waals surface area contributed by atoms with E-state index >= 15 is 0 Å². The first-order valence-corrected chi connectivity index (χ1v) is 7.26. The van der Waals surface area contributed by atoms with Crippen molar-refractivity contribution in [2.75, 3.05) is 0 Å². The van der Waals surface area contributed by atoms with Gasteiger partial charge < -0.3 is 0 Å². The molecule has 1 nitrogen and oxygen atoms in total. The van der Waals surface area contributed by atoms with Gasteiger partial charge in [-0.15, -0.1) is 0 Å². The Balaban J connectivity index is 2.06. The third-order valence-electron chi connectivity index (χ3n) is 4.36. The number of hydrogen-bond donors (Lipinski definition) is 0. The van der Waals surface area contributed by atoms with Crippen molar-refractivity contribution >= 4 is 5.78 Å². The van der Waals surface area contributed by atoms with Gasteiger partial charge in [0.2, 0.25) is 5.92 Å². The Kier molecular flexibility index (Phi) is 4.26. The highest BCUT2D eigenvalue weighted by molar-refractivity contribution is 5.84. The largest absolute Gasteiger partial charge is 0.299 e. The molecule has 1 saturated carbocycles. The lowest BCUT2D eigenvalue weighted by Crippen LogP contribution is -2.29. The molecule has 0 spiro atoms. The topological polar surface area (TPSA) is 17.1 Å². The van der Waals surface area contributed by atoms with Crippen LogP contribution in [0, 0.1) is 26.7 Å². The Morgan fingerprint density at radius 3 is 2.15 bits per heavy atom. The van der Waals surface area contributed by atoms with Gasteiger partial charge in [0.15, 0.2) is 0 Å². The number of ketones is 1.